The molecule has 1 amide bonds. The lowest BCUT2D eigenvalue weighted by atomic mass is 10.3. The third kappa shape index (κ3) is 3.71. The van der Waals surface area contributed by atoms with Crippen molar-refractivity contribution in [1.82, 2.24) is 10.2 Å². The molecule has 0 fully saturated rings. The van der Waals surface area contributed by atoms with Crippen LogP contribution in [-0.4, -0.2) is 21.9 Å². The van der Waals surface area contributed by atoms with Gasteiger partial charge in [-0.1, -0.05) is 5.10 Å². The van der Waals surface area contributed by atoms with Crippen LogP contribution in [-0.2, 0) is 4.79 Å². The fourth-order valence-electron chi connectivity index (χ4n) is 1.61. The molecule has 0 aliphatic rings. The van der Waals surface area contributed by atoms with E-state index in [9.17, 15) is 9.18 Å². The first-order chi connectivity index (χ1) is 10.7. The van der Waals surface area contributed by atoms with Gasteiger partial charge in [0.25, 0.3) is 5.89 Å². The number of halogens is 1. The minimum absolute atomic E-state index is 0.0610. The van der Waals surface area contributed by atoms with E-state index in [1.54, 1.807) is 12.1 Å². The summed E-state index contributed by atoms with van der Waals surface area (Å²) < 4.78 is 18.1. The monoisotopic (exact) mass is 335 g/mol. The number of hydrogen-bond acceptors (Lipinski definition) is 6. The van der Waals surface area contributed by atoms with Crippen LogP contribution in [0.1, 0.15) is 0 Å². The summed E-state index contributed by atoms with van der Waals surface area (Å²) in [5, 5.41) is 14.0. The Kier molecular flexibility index (Phi) is 4.50. The van der Waals surface area contributed by atoms with Gasteiger partial charge in [0.15, 0.2) is 0 Å². The number of nitrogens with zero attached hydrogens (tertiary/aromatic N) is 2. The molecule has 8 heteroatoms. The molecule has 3 rings (SSSR count). The van der Waals surface area contributed by atoms with Crippen molar-refractivity contribution >= 4 is 35.0 Å². The molecule has 112 valence electrons. The summed E-state index contributed by atoms with van der Waals surface area (Å²) in [6.45, 7) is 0. The summed E-state index contributed by atoms with van der Waals surface area (Å²) in [7, 11) is 0. The van der Waals surface area contributed by atoms with Gasteiger partial charge in [0, 0.05) is 15.8 Å². The summed E-state index contributed by atoms with van der Waals surface area (Å²) in [4.78, 5) is 12.6. The number of amides is 1. The van der Waals surface area contributed by atoms with Crippen LogP contribution in [0.3, 0.4) is 0 Å². The Hall–Kier alpha value is -2.19. The number of anilines is 1. The molecule has 2 heterocycles. The van der Waals surface area contributed by atoms with Gasteiger partial charge in [-0.05, 0) is 35.7 Å². The van der Waals surface area contributed by atoms with Crippen molar-refractivity contribution in [1.29, 1.82) is 0 Å². The highest BCUT2D eigenvalue weighted by molar-refractivity contribution is 8.00. The first kappa shape index (κ1) is 14.7. The first-order valence-corrected chi connectivity index (χ1v) is 8.18. The lowest BCUT2D eigenvalue weighted by molar-refractivity contribution is -0.113. The number of thiophene rings is 1. The summed E-state index contributed by atoms with van der Waals surface area (Å²) in [6.07, 6.45) is 0. The number of nitrogens with one attached hydrogen (secondary N) is 1. The molecule has 0 bridgehead atoms. The molecule has 3 aromatic rings. The maximum atomic E-state index is 12.8. The number of aromatic nitrogens is 2. The van der Waals surface area contributed by atoms with Gasteiger partial charge in [0.05, 0.1) is 5.75 Å². The second kappa shape index (κ2) is 6.71. The zero-order chi connectivity index (χ0) is 15.4. The average Bonchev–Trinajstić information content (AvgIpc) is 3.17. The number of carbonyl (C=O) groups is 1. The lowest BCUT2D eigenvalue weighted by Crippen LogP contribution is -2.14. The van der Waals surface area contributed by atoms with E-state index in [0.717, 1.165) is 10.5 Å². The van der Waals surface area contributed by atoms with E-state index < -0.39 is 0 Å². The molecule has 0 aliphatic carbocycles. The molecular weight excluding hydrogens is 325 g/mol. The molecular formula is C14H10FN3O2S2. The van der Waals surface area contributed by atoms with Gasteiger partial charge in [-0.3, -0.25) is 10.1 Å². The highest BCUT2D eigenvalue weighted by atomic mass is 32.2. The summed E-state index contributed by atoms with van der Waals surface area (Å²) in [5.74, 6) is -0.0415. The van der Waals surface area contributed by atoms with Crippen molar-refractivity contribution in [3.8, 4) is 11.5 Å². The van der Waals surface area contributed by atoms with Crippen molar-refractivity contribution in [3.63, 3.8) is 0 Å². The van der Waals surface area contributed by atoms with Crippen LogP contribution in [0, 0.1) is 5.82 Å². The Morgan fingerprint density at radius 1 is 1.27 bits per heavy atom. The standard InChI is InChI=1S/C14H10FN3O2S2/c15-10-1-3-11(4-2-10)22-8-12(19)16-14-18-17-13(20-14)9-5-6-21-7-9/h1-7H,8H2,(H,16,18,19). The Labute approximate surface area is 133 Å². The molecule has 0 saturated heterocycles. The maximum absolute atomic E-state index is 12.8. The smallest absolute Gasteiger partial charge is 0.322 e. The molecule has 0 radical (unpaired) electrons. The number of carbonyl (C=O) groups excluding carboxylic acids is 1. The number of rotatable bonds is 5. The van der Waals surface area contributed by atoms with Gasteiger partial charge in [-0.15, -0.1) is 16.9 Å². The molecule has 0 unspecified atom stereocenters. The van der Waals surface area contributed by atoms with E-state index in [-0.39, 0.29) is 23.5 Å². The number of hydrogen-bond donors (Lipinski definition) is 1. The van der Waals surface area contributed by atoms with Crippen molar-refractivity contribution in [2.24, 2.45) is 0 Å². The highest BCUT2D eigenvalue weighted by Gasteiger charge is 2.11. The van der Waals surface area contributed by atoms with Crippen LogP contribution in [0.25, 0.3) is 11.5 Å². The maximum Gasteiger partial charge on any atom is 0.322 e. The summed E-state index contributed by atoms with van der Waals surface area (Å²) >= 11 is 2.81. The topological polar surface area (TPSA) is 68.0 Å². The second-order valence-corrected chi connectivity index (χ2v) is 6.04. The van der Waals surface area contributed by atoms with Crippen LogP contribution in [0.5, 0.6) is 0 Å². The molecule has 22 heavy (non-hydrogen) atoms. The third-order valence-corrected chi connectivity index (χ3v) is 4.32. The van der Waals surface area contributed by atoms with Gasteiger partial charge in [0.1, 0.15) is 5.82 Å². The second-order valence-electron chi connectivity index (χ2n) is 4.22. The number of thioether (sulfide) groups is 1. The zero-order valence-corrected chi connectivity index (χ0v) is 12.8. The van der Waals surface area contributed by atoms with Gasteiger partial charge in [0.2, 0.25) is 5.91 Å². The predicted octanol–water partition coefficient (Wildman–Crippen LogP) is 3.67. The van der Waals surface area contributed by atoms with E-state index in [0.29, 0.717) is 5.89 Å². The fraction of sp³-hybridized carbons (Fsp3) is 0.0714. The van der Waals surface area contributed by atoms with Crippen molar-refractivity contribution in [2.45, 2.75) is 4.90 Å². The Morgan fingerprint density at radius 3 is 2.82 bits per heavy atom. The van der Waals surface area contributed by atoms with Crippen LogP contribution in [0.4, 0.5) is 10.4 Å². The van der Waals surface area contributed by atoms with Crippen LogP contribution in [0.15, 0.2) is 50.4 Å². The largest absolute Gasteiger partial charge is 0.403 e. The summed E-state index contributed by atoms with van der Waals surface area (Å²) in [6, 6.07) is 7.86. The fourth-order valence-corrected chi connectivity index (χ4v) is 2.94. The zero-order valence-electron chi connectivity index (χ0n) is 11.2. The van der Waals surface area contributed by atoms with Gasteiger partial charge in [-0.25, -0.2) is 4.39 Å². The van der Waals surface area contributed by atoms with E-state index in [1.165, 1.54) is 35.2 Å². The summed E-state index contributed by atoms with van der Waals surface area (Å²) in [5.41, 5.74) is 0.818. The quantitative estimate of drug-likeness (QED) is 0.721. The van der Waals surface area contributed by atoms with Crippen molar-refractivity contribution < 1.29 is 13.6 Å². The Bertz CT molecular complexity index is 757. The van der Waals surface area contributed by atoms with E-state index in [2.05, 4.69) is 15.5 Å². The first-order valence-electron chi connectivity index (χ1n) is 6.25. The molecule has 1 aromatic carbocycles. The third-order valence-electron chi connectivity index (χ3n) is 2.62. The number of benzene rings is 1. The normalized spacial score (nSPS) is 10.6. The van der Waals surface area contributed by atoms with Crippen molar-refractivity contribution in [2.75, 3.05) is 11.1 Å². The van der Waals surface area contributed by atoms with Gasteiger partial charge >= 0.3 is 6.01 Å². The molecule has 2 aromatic heterocycles. The minimum atomic E-state index is -0.305. The Balaban J connectivity index is 1.54. The van der Waals surface area contributed by atoms with Crippen molar-refractivity contribution in [3.05, 3.63) is 46.9 Å². The van der Waals surface area contributed by atoms with Gasteiger partial charge in [-0.2, -0.15) is 11.3 Å². The molecule has 5 nitrogen and oxygen atoms in total. The predicted molar refractivity (Wildman–Crippen MR) is 83.4 cm³/mol. The SMILES string of the molecule is O=C(CSc1ccc(F)cc1)Nc1nnc(-c2ccsc2)o1. The molecule has 1 N–H and O–H groups in total. The Morgan fingerprint density at radius 2 is 2.09 bits per heavy atom. The molecule has 0 spiro atoms. The van der Waals surface area contributed by atoms with Crippen LogP contribution < -0.4 is 5.32 Å². The average molecular weight is 335 g/mol. The van der Waals surface area contributed by atoms with Crippen LogP contribution >= 0.6 is 23.1 Å². The van der Waals surface area contributed by atoms with Gasteiger partial charge < -0.3 is 4.42 Å². The lowest BCUT2D eigenvalue weighted by Gasteiger charge is -2.01. The highest BCUT2D eigenvalue weighted by Crippen LogP contribution is 2.22. The minimum Gasteiger partial charge on any atom is -0.403 e. The molecule has 0 atom stereocenters. The van der Waals surface area contributed by atoms with E-state index >= 15 is 0 Å². The van der Waals surface area contributed by atoms with Crippen LogP contribution in [0.2, 0.25) is 0 Å². The molecule has 0 saturated carbocycles. The van der Waals surface area contributed by atoms with E-state index in [1.807, 2.05) is 16.8 Å². The molecule has 0 aliphatic heterocycles. The van der Waals surface area contributed by atoms with E-state index in [4.69, 9.17) is 4.42 Å².